The highest BCUT2D eigenvalue weighted by Crippen LogP contribution is 2.21. The molecule has 2 rings (SSSR count). The Labute approximate surface area is 138 Å². The molecule has 2 nitrogen and oxygen atoms in total. The summed E-state index contributed by atoms with van der Waals surface area (Å²) in [5.74, 6) is 0. The maximum atomic E-state index is 5.57. The highest BCUT2D eigenvalue weighted by atomic mass is 79.9. The average molecular weight is 400 g/mol. The lowest BCUT2D eigenvalue weighted by Gasteiger charge is -2.15. The van der Waals surface area contributed by atoms with Crippen molar-refractivity contribution in [3.05, 3.63) is 56.5 Å². The first kappa shape index (κ1) is 17.1. The van der Waals surface area contributed by atoms with Crippen LogP contribution in [0.15, 0.2) is 45.3 Å². The van der Waals surface area contributed by atoms with Gasteiger partial charge in [0, 0.05) is 34.4 Å². The second-order valence-corrected chi connectivity index (χ2v) is 6.66. The number of aryl methyl sites for hydroxylation is 2. The van der Waals surface area contributed by atoms with E-state index in [1.54, 1.807) is 0 Å². The third-order valence-electron chi connectivity index (χ3n) is 2.87. The molecule has 2 N–H and O–H groups in total. The number of anilines is 2. The molecule has 2 aromatic rings. The smallest absolute Gasteiger partial charge is 0.0391 e. The highest BCUT2D eigenvalue weighted by molar-refractivity contribution is 9.10. The summed E-state index contributed by atoms with van der Waals surface area (Å²) >= 11 is 6.77. The summed E-state index contributed by atoms with van der Waals surface area (Å²) in [6, 6.07) is 12.1. The molecule has 0 heterocycles. The topological polar surface area (TPSA) is 29.3 Å². The van der Waals surface area contributed by atoms with Crippen LogP contribution in [0.2, 0.25) is 0 Å². The normalized spacial score (nSPS) is 9.70. The number of nitrogen functional groups attached to an aromatic ring is 1. The number of rotatable bonds is 1. The van der Waals surface area contributed by atoms with Crippen molar-refractivity contribution in [2.75, 3.05) is 24.7 Å². The Balaban J connectivity index is 0.000000204. The first-order valence-corrected chi connectivity index (χ1v) is 7.85. The molecular weight excluding hydrogens is 380 g/mol. The highest BCUT2D eigenvalue weighted by Gasteiger charge is 1.99. The third kappa shape index (κ3) is 5.17. The summed E-state index contributed by atoms with van der Waals surface area (Å²) < 4.78 is 2.22. The Morgan fingerprint density at radius 1 is 0.850 bits per heavy atom. The van der Waals surface area contributed by atoms with Crippen LogP contribution in [0.3, 0.4) is 0 Å². The zero-order valence-corrected chi connectivity index (χ0v) is 15.4. The lowest BCUT2D eigenvalue weighted by Crippen LogP contribution is -2.09. The van der Waals surface area contributed by atoms with Gasteiger partial charge >= 0.3 is 0 Å². The fraction of sp³-hybridized carbons (Fsp3) is 0.250. The molecule has 2 aromatic carbocycles. The van der Waals surface area contributed by atoms with E-state index in [-0.39, 0.29) is 0 Å². The third-order valence-corrected chi connectivity index (χ3v) is 3.86. The molecular formula is C16H20Br2N2. The van der Waals surface area contributed by atoms with Gasteiger partial charge in [0.2, 0.25) is 0 Å². The van der Waals surface area contributed by atoms with Crippen molar-refractivity contribution >= 4 is 43.2 Å². The number of nitrogens with two attached hydrogens (primary N) is 1. The Hall–Kier alpha value is -1.00. The van der Waals surface area contributed by atoms with Gasteiger partial charge in [0.05, 0.1) is 0 Å². The molecule has 0 amide bonds. The van der Waals surface area contributed by atoms with Gasteiger partial charge in [0.1, 0.15) is 0 Å². The molecule has 0 aliphatic carbocycles. The summed E-state index contributed by atoms with van der Waals surface area (Å²) in [5, 5.41) is 0. The maximum absolute atomic E-state index is 5.57. The van der Waals surface area contributed by atoms with E-state index in [0.29, 0.717) is 0 Å². The van der Waals surface area contributed by atoms with Crippen molar-refractivity contribution in [1.82, 2.24) is 0 Å². The van der Waals surface area contributed by atoms with E-state index in [0.717, 1.165) is 20.2 Å². The van der Waals surface area contributed by atoms with Crippen LogP contribution in [0.25, 0.3) is 0 Å². The lowest BCUT2D eigenvalue weighted by atomic mass is 10.2. The number of halogens is 2. The van der Waals surface area contributed by atoms with Crippen LogP contribution in [0.1, 0.15) is 11.1 Å². The molecule has 0 aliphatic rings. The Kier molecular flexibility index (Phi) is 6.56. The quantitative estimate of drug-likeness (QED) is 0.670. The van der Waals surface area contributed by atoms with E-state index < -0.39 is 0 Å². The summed E-state index contributed by atoms with van der Waals surface area (Å²) in [7, 11) is 4.10. The van der Waals surface area contributed by atoms with Crippen molar-refractivity contribution in [1.29, 1.82) is 0 Å². The van der Waals surface area contributed by atoms with Gasteiger partial charge in [-0.3, -0.25) is 0 Å². The Morgan fingerprint density at radius 3 is 1.75 bits per heavy atom. The molecule has 0 saturated carbocycles. The monoisotopic (exact) mass is 398 g/mol. The molecule has 0 fully saturated rings. The fourth-order valence-electron chi connectivity index (χ4n) is 1.76. The maximum Gasteiger partial charge on any atom is 0.0391 e. The lowest BCUT2D eigenvalue weighted by molar-refractivity contribution is 1.11. The minimum atomic E-state index is 0.846. The summed E-state index contributed by atoms with van der Waals surface area (Å²) in [6.45, 7) is 4.10. The largest absolute Gasteiger partial charge is 0.399 e. The SMILES string of the molecule is Cc1cc(Br)ccc1N.Cc1cc(Br)ccc1N(C)C. The van der Waals surface area contributed by atoms with Crippen LogP contribution in [0.5, 0.6) is 0 Å². The summed E-state index contributed by atoms with van der Waals surface area (Å²) in [5.41, 5.74) is 10.1. The fourth-order valence-corrected chi connectivity index (χ4v) is 2.71. The van der Waals surface area contributed by atoms with Crippen LogP contribution in [-0.4, -0.2) is 14.1 Å². The van der Waals surface area contributed by atoms with E-state index in [1.807, 2.05) is 25.1 Å². The van der Waals surface area contributed by atoms with Crippen molar-refractivity contribution < 1.29 is 0 Å². The van der Waals surface area contributed by atoms with Gasteiger partial charge in [0.25, 0.3) is 0 Å². The first-order valence-electron chi connectivity index (χ1n) is 6.26. The van der Waals surface area contributed by atoms with E-state index in [1.165, 1.54) is 11.3 Å². The second-order valence-electron chi connectivity index (χ2n) is 4.83. The molecule has 0 radical (unpaired) electrons. The number of hydrogen-bond donors (Lipinski definition) is 1. The minimum absolute atomic E-state index is 0.846. The van der Waals surface area contributed by atoms with Crippen LogP contribution < -0.4 is 10.6 Å². The van der Waals surface area contributed by atoms with Crippen molar-refractivity contribution in [3.8, 4) is 0 Å². The zero-order chi connectivity index (χ0) is 15.3. The van der Waals surface area contributed by atoms with E-state index in [4.69, 9.17) is 5.73 Å². The first-order chi connectivity index (χ1) is 9.31. The van der Waals surface area contributed by atoms with Crippen LogP contribution in [-0.2, 0) is 0 Å². The Bertz CT molecular complexity index is 581. The number of benzene rings is 2. The summed E-state index contributed by atoms with van der Waals surface area (Å²) in [4.78, 5) is 2.11. The zero-order valence-electron chi connectivity index (χ0n) is 12.2. The van der Waals surface area contributed by atoms with Gasteiger partial charge in [-0.05, 0) is 61.4 Å². The molecule has 0 atom stereocenters. The predicted molar refractivity (Wildman–Crippen MR) is 96.5 cm³/mol. The van der Waals surface area contributed by atoms with E-state index in [2.05, 4.69) is 76.0 Å². The number of hydrogen-bond acceptors (Lipinski definition) is 2. The molecule has 0 aromatic heterocycles. The van der Waals surface area contributed by atoms with Crippen LogP contribution in [0.4, 0.5) is 11.4 Å². The summed E-state index contributed by atoms with van der Waals surface area (Å²) in [6.07, 6.45) is 0. The van der Waals surface area contributed by atoms with Gasteiger partial charge in [0.15, 0.2) is 0 Å². The molecule has 0 aliphatic heterocycles. The molecule has 0 saturated heterocycles. The van der Waals surface area contributed by atoms with Crippen molar-refractivity contribution in [3.63, 3.8) is 0 Å². The number of nitrogens with zero attached hydrogens (tertiary/aromatic N) is 1. The molecule has 4 heteroatoms. The van der Waals surface area contributed by atoms with Gasteiger partial charge in [-0.1, -0.05) is 31.9 Å². The standard InChI is InChI=1S/C9H12BrN.C7H8BrN/c1-7-6-8(10)4-5-9(7)11(2)3;1-5-4-6(8)2-3-7(5)9/h4-6H,1-3H3;2-4H,9H2,1H3. The minimum Gasteiger partial charge on any atom is -0.399 e. The molecule has 0 spiro atoms. The van der Waals surface area contributed by atoms with Gasteiger partial charge in [-0.15, -0.1) is 0 Å². The van der Waals surface area contributed by atoms with Gasteiger partial charge in [-0.2, -0.15) is 0 Å². The van der Waals surface area contributed by atoms with Crippen LogP contribution in [0, 0.1) is 13.8 Å². The van der Waals surface area contributed by atoms with Gasteiger partial charge < -0.3 is 10.6 Å². The Morgan fingerprint density at radius 2 is 1.35 bits per heavy atom. The second kappa shape index (κ2) is 7.70. The molecule has 0 unspecified atom stereocenters. The van der Waals surface area contributed by atoms with E-state index >= 15 is 0 Å². The van der Waals surface area contributed by atoms with Gasteiger partial charge in [-0.25, -0.2) is 0 Å². The molecule has 0 bridgehead atoms. The predicted octanol–water partition coefficient (Wildman–Crippen LogP) is 5.16. The van der Waals surface area contributed by atoms with Crippen LogP contribution >= 0.6 is 31.9 Å². The molecule has 20 heavy (non-hydrogen) atoms. The van der Waals surface area contributed by atoms with E-state index in [9.17, 15) is 0 Å². The van der Waals surface area contributed by atoms with Crippen molar-refractivity contribution in [2.45, 2.75) is 13.8 Å². The molecule has 108 valence electrons. The average Bonchev–Trinajstić information content (AvgIpc) is 2.34. The van der Waals surface area contributed by atoms with Crippen molar-refractivity contribution in [2.24, 2.45) is 0 Å².